The molecular formula is C15H16O3. The molecule has 0 heterocycles. The third kappa shape index (κ3) is 2.26. The lowest BCUT2D eigenvalue weighted by atomic mass is 9.81. The van der Waals surface area contributed by atoms with Gasteiger partial charge in [-0.1, -0.05) is 30.3 Å². The van der Waals surface area contributed by atoms with Gasteiger partial charge in [-0.05, 0) is 13.3 Å². The van der Waals surface area contributed by atoms with Crippen LogP contribution in [-0.2, 0) is 9.59 Å². The molecule has 0 N–H and O–H groups in total. The maximum Gasteiger partial charge on any atom is 0.162 e. The Morgan fingerprint density at radius 1 is 1.11 bits per heavy atom. The minimum Gasteiger partial charge on any atom is -0.299 e. The van der Waals surface area contributed by atoms with Crippen LogP contribution >= 0.6 is 0 Å². The first-order valence-electron chi connectivity index (χ1n) is 6.19. The van der Waals surface area contributed by atoms with E-state index in [1.165, 1.54) is 0 Å². The zero-order chi connectivity index (χ0) is 13.2. The largest absolute Gasteiger partial charge is 0.299 e. The van der Waals surface area contributed by atoms with Gasteiger partial charge in [0.15, 0.2) is 5.78 Å². The molecule has 0 atom stereocenters. The predicted molar refractivity (Wildman–Crippen MR) is 67.4 cm³/mol. The van der Waals surface area contributed by atoms with Gasteiger partial charge in [0, 0.05) is 24.8 Å². The van der Waals surface area contributed by atoms with Gasteiger partial charge in [0.2, 0.25) is 0 Å². The molecule has 1 aromatic rings. The highest BCUT2D eigenvalue weighted by Crippen LogP contribution is 2.35. The molecule has 0 bridgehead atoms. The second-order valence-electron chi connectivity index (χ2n) is 4.97. The van der Waals surface area contributed by atoms with Crippen LogP contribution in [0.5, 0.6) is 0 Å². The predicted octanol–water partition coefficient (Wildman–Crippen LogP) is 2.59. The summed E-state index contributed by atoms with van der Waals surface area (Å²) in [4.78, 5) is 35.4. The SMILES string of the molecule is CC1(CCC(=O)c2ccccc2)C(=O)CCC1=O. The molecule has 1 aromatic carbocycles. The van der Waals surface area contributed by atoms with Crippen molar-refractivity contribution in [1.29, 1.82) is 0 Å². The van der Waals surface area contributed by atoms with E-state index in [-0.39, 0.29) is 23.8 Å². The van der Waals surface area contributed by atoms with E-state index in [4.69, 9.17) is 0 Å². The number of carbonyl (C=O) groups is 3. The summed E-state index contributed by atoms with van der Waals surface area (Å²) in [6.07, 6.45) is 1.24. The van der Waals surface area contributed by atoms with E-state index in [0.717, 1.165) is 0 Å². The number of Topliss-reactive ketones (excluding diaryl/α,β-unsaturated/α-hetero) is 3. The highest BCUT2D eigenvalue weighted by Gasteiger charge is 2.44. The van der Waals surface area contributed by atoms with E-state index in [1.54, 1.807) is 31.2 Å². The van der Waals surface area contributed by atoms with Crippen LogP contribution in [0, 0.1) is 5.41 Å². The number of ketones is 3. The van der Waals surface area contributed by atoms with Gasteiger partial charge in [0.05, 0.1) is 5.41 Å². The van der Waals surface area contributed by atoms with Crippen LogP contribution in [0.4, 0.5) is 0 Å². The van der Waals surface area contributed by atoms with Gasteiger partial charge in [0.1, 0.15) is 11.6 Å². The van der Waals surface area contributed by atoms with Crippen molar-refractivity contribution >= 4 is 17.3 Å². The summed E-state index contributed by atoms with van der Waals surface area (Å²) in [7, 11) is 0. The molecule has 0 aromatic heterocycles. The summed E-state index contributed by atoms with van der Waals surface area (Å²) < 4.78 is 0. The molecule has 18 heavy (non-hydrogen) atoms. The van der Waals surface area contributed by atoms with Crippen LogP contribution in [0.15, 0.2) is 30.3 Å². The molecule has 0 unspecified atom stereocenters. The second kappa shape index (κ2) is 4.84. The molecule has 1 aliphatic rings. The summed E-state index contributed by atoms with van der Waals surface area (Å²) in [5, 5.41) is 0. The number of hydrogen-bond donors (Lipinski definition) is 0. The zero-order valence-electron chi connectivity index (χ0n) is 10.4. The third-order valence-corrected chi connectivity index (χ3v) is 3.76. The Morgan fingerprint density at radius 3 is 2.22 bits per heavy atom. The standard InChI is InChI=1S/C15H16O3/c1-15(13(17)7-8-14(15)18)10-9-12(16)11-5-3-2-4-6-11/h2-6H,7-10H2,1H3. The van der Waals surface area contributed by atoms with Gasteiger partial charge in [-0.3, -0.25) is 14.4 Å². The van der Waals surface area contributed by atoms with Crippen molar-refractivity contribution in [3.8, 4) is 0 Å². The Balaban J connectivity index is 2.02. The van der Waals surface area contributed by atoms with Crippen molar-refractivity contribution in [2.45, 2.75) is 32.6 Å². The maximum atomic E-state index is 11.9. The van der Waals surface area contributed by atoms with Crippen molar-refractivity contribution in [2.24, 2.45) is 5.41 Å². The summed E-state index contributed by atoms with van der Waals surface area (Å²) in [5.41, 5.74) is -0.288. The van der Waals surface area contributed by atoms with Crippen LogP contribution in [0.3, 0.4) is 0 Å². The third-order valence-electron chi connectivity index (χ3n) is 3.76. The van der Waals surface area contributed by atoms with Gasteiger partial charge < -0.3 is 0 Å². The van der Waals surface area contributed by atoms with Crippen LogP contribution in [-0.4, -0.2) is 17.3 Å². The second-order valence-corrected chi connectivity index (χ2v) is 4.97. The quantitative estimate of drug-likeness (QED) is 0.604. The Kier molecular flexibility index (Phi) is 3.41. The van der Waals surface area contributed by atoms with Gasteiger partial charge >= 0.3 is 0 Å². The van der Waals surface area contributed by atoms with Crippen LogP contribution in [0.25, 0.3) is 0 Å². The first kappa shape index (κ1) is 12.7. The van der Waals surface area contributed by atoms with E-state index in [1.807, 2.05) is 6.07 Å². The molecule has 3 heteroatoms. The molecule has 0 radical (unpaired) electrons. The highest BCUT2D eigenvalue weighted by molar-refractivity contribution is 6.12. The number of benzene rings is 1. The van der Waals surface area contributed by atoms with E-state index >= 15 is 0 Å². The molecule has 0 saturated heterocycles. The molecule has 1 fully saturated rings. The van der Waals surface area contributed by atoms with E-state index in [2.05, 4.69) is 0 Å². The lowest BCUT2D eigenvalue weighted by Gasteiger charge is -2.19. The van der Waals surface area contributed by atoms with Crippen molar-refractivity contribution < 1.29 is 14.4 Å². The summed E-state index contributed by atoms with van der Waals surface area (Å²) in [6, 6.07) is 8.97. The molecule has 94 valence electrons. The lowest BCUT2D eigenvalue weighted by Crippen LogP contribution is -2.29. The van der Waals surface area contributed by atoms with Crippen molar-refractivity contribution in [2.75, 3.05) is 0 Å². The molecule has 2 rings (SSSR count). The fourth-order valence-corrected chi connectivity index (χ4v) is 2.35. The fraction of sp³-hybridized carbons (Fsp3) is 0.400. The Labute approximate surface area is 106 Å². The zero-order valence-corrected chi connectivity index (χ0v) is 10.4. The van der Waals surface area contributed by atoms with Gasteiger partial charge in [-0.15, -0.1) is 0 Å². The van der Waals surface area contributed by atoms with Crippen LogP contribution < -0.4 is 0 Å². The van der Waals surface area contributed by atoms with E-state index in [9.17, 15) is 14.4 Å². The first-order valence-corrected chi connectivity index (χ1v) is 6.19. The average molecular weight is 244 g/mol. The minimum atomic E-state index is -0.926. The average Bonchev–Trinajstić information content (AvgIpc) is 2.65. The Morgan fingerprint density at radius 2 is 1.67 bits per heavy atom. The van der Waals surface area contributed by atoms with Gasteiger partial charge in [-0.25, -0.2) is 0 Å². The Hall–Kier alpha value is -1.77. The lowest BCUT2D eigenvalue weighted by molar-refractivity contribution is -0.134. The molecule has 1 saturated carbocycles. The summed E-state index contributed by atoms with van der Waals surface area (Å²) in [6.45, 7) is 1.67. The molecule has 0 amide bonds. The summed E-state index contributed by atoms with van der Waals surface area (Å²) in [5.74, 6) is -0.0500. The monoisotopic (exact) mass is 244 g/mol. The number of rotatable bonds is 4. The van der Waals surface area contributed by atoms with Crippen LogP contribution in [0.1, 0.15) is 43.0 Å². The molecule has 1 aliphatic carbocycles. The molecule has 3 nitrogen and oxygen atoms in total. The van der Waals surface area contributed by atoms with Crippen LogP contribution in [0.2, 0.25) is 0 Å². The smallest absolute Gasteiger partial charge is 0.162 e. The molecular weight excluding hydrogens is 228 g/mol. The Bertz CT molecular complexity index is 472. The van der Waals surface area contributed by atoms with Gasteiger partial charge in [0.25, 0.3) is 0 Å². The normalized spacial score (nSPS) is 18.1. The maximum absolute atomic E-state index is 11.9. The number of hydrogen-bond acceptors (Lipinski definition) is 3. The van der Waals surface area contributed by atoms with E-state index in [0.29, 0.717) is 24.8 Å². The fourth-order valence-electron chi connectivity index (χ4n) is 2.35. The van der Waals surface area contributed by atoms with Crippen molar-refractivity contribution in [1.82, 2.24) is 0 Å². The first-order chi connectivity index (χ1) is 8.54. The highest BCUT2D eigenvalue weighted by atomic mass is 16.2. The van der Waals surface area contributed by atoms with E-state index < -0.39 is 5.41 Å². The topological polar surface area (TPSA) is 51.2 Å². The summed E-state index contributed by atoms with van der Waals surface area (Å²) >= 11 is 0. The van der Waals surface area contributed by atoms with Crippen molar-refractivity contribution in [3.63, 3.8) is 0 Å². The molecule has 0 aliphatic heterocycles. The van der Waals surface area contributed by atoms with Crippen molar-refractivity contribution in [3.05, 3.63) is 35.9 Å². The minimum absolute atomic E-state index is 0.00988. The molecule has 0 spiro atoms. The van der Waals surface area contributed by atoms with Gasteiger partial charge in [-0.2, -0.15) is 0 Å². The number of carbonyl (C=O) groups excluding carboxylic acids is 3.